The molecule has 0 radical (unpaired) electrons. The molecule has 1 aromatic carbocycles. The number of rotatable bonds is 6. The summed E-state index contributed by atoms with van der Waals surface area (Å²) >= 11 is 1.01. The van der Waals surface area contributed by atoms with E-state index in [0.29, 0.717) is 29.1 Å². The van der Waals surface area contributed by atoms with Crippen LogP contribution in [-0.4, -0.2) is 50.0 Å². The summed E-state index contributed by atoms with van der Waals surface area (Å²) < 4.78 is 38.6. The Balaban J connectivity index is 1.42. The van der Waals surface area contributed by atoms with Gasteiger partial charge < -0.3 is 14.2 Å². The van der Waals surface area contributed by atoms with Crippen LogP contribution in [0.5, 0.6) is 0 Å². The third kappa shape index (κ3) is 4.19. The summed E-state index contributed by atoms with van der Waals surface area (Å²) in [4.78, 5) is 27.8. The molecule has 3 aromatic rings. The second-order valence-corrected chi connectivity index (χ2v) is 11.0. The minimum Gasteiger partial charge on any atom is -0.465 e. The van der Waals surface area contributed by atoms with Crippen LogP contribution in [-0.2, 0) is 27.7 Å². The Kier molecular flexibility index (Phi) is 5.55. The van der Waals surface area contributed by atoms with Gasteiger partial charge in [-0.05, 0) is 24.8 Å². The molecule has 2 aliphatic rings. The minimum absolute atomic E-state index is 0.0495. The van der Waals surface area contributed by atoms with Crippen molar-refractivity contribution in [2.24, 2.45) is 0 Å². The molecule has 0 saturated heterocycles. The normalized spacial score (nSPS) is 15.8. The van der Waals surface area contributed by atoms with Crippen LogP contribution in [0.2, 0.25) is 0 Å². The molecule has 11 heteroatoms. The standard InChI is InChI=1S/C22H21N3O6S2/c1-30-21(27)19-15-9-10-25(12-18(15)32-22(19)33(28,29)24-14-7-8-14)20(26)17-11-16(23-31-17)13-5-3-2-4-6-13/h2-6,11,14,24H,7-10,12H2,1H3. The van der Waals surface area contributed by atoms with E-state index in [9.17, 15) is 18.0 Å². The number of thiophene rings is 1. The molecule has 0 bridgehead atoms. The van der Waals surface area contributed by atoms with Crippen molar-refractivity contribution in [3.8, 4) is 11.3 Å². The van der Waals surface area contributed by atoms with E-state index in [1.54, 1.807) is 11.0 Å². The summed E-state index contributed by atoms with van der Waals surface area (Å²) in [6, 6.07) is 10.9. The molecular formula is C22H21N3O6S2. The maximum Gasteiger partial charge on any atom is 0.340 e. The number of benzene rings is 1. The molecular weight excluding hydrogens is 466 g/mol. The van der Waals surface area contributed by atoms with E-state index in [2.05, 4.69) is 9.88 Å². The average molecular weight is 488 g/mol. The van der Waals surface area contributed by atoms with Crippen LogP contribution in [0.1, 0.15) is 44.2 Å². The highest BCUT2D eigenvalue weighted by molar-refractivity contribution is 7.91. The van der Waals surface area contributed by atoms with Crippen molar-refractivity contribution in [1.29, 1.82) is 0 Å². The molecule has 0 atom stereocenters. The zero-order chi connectivity index (χ0) is 23.2. The predicted molar refractivity (Wildman–Crippen MR) is 119 cm³/mol. The van der Waals surface area contributed by atoms with E-state index in [1.165, 1.54) is 7.11 Å². The first-order chi connectivity index (χ1) is 15.9. The smallest absolute Gasteiger partial charge is 0.340 e. The summed E-state index contributed by atoms with van der Waals surface area (Å²) in [5, 5.41) is 4.00. The molecule has 3 heterocycles. The molecule has 1 aliphatic carbocycles. The zero-order valence-electron chi connectivity index (χ0n) is 17.7. The molecule has 1 aliphatic heterocycles. The van der Waals surface area contributed by atoms with Gasteiger partial charge in [0.15, 0.2) is 0 Å². The number of hydrogen-bond acceptors (Lipinski definition) is 8. The molecule has 5 rings (SSSR count). The molecule has 1 amide bonds. The highest BCUT2D eigenvalue weighted by Crippen LogP contribution is 2.38. The molecule has 1 fully saturated rings. The number of hydrogen-bond donors (Lipinski definition) is 1. The van der Waals surface area contributed by atoms with Crippen molar-refractivity contribution in [3.05, 3.63) is 58.2 Å². The summed E-state index contributed by atoms with van der Waals surface area (Å²) in [6.07, 6.45) is 1.89. The Morgan fingerprint density at radius 2 is 2.00 bits per heavy atom. The largest absolute Gasteiger partial charge is 0.465 e. The van der Waals surface area contributed by atoms with E-state index in [4.69, 9.17) is 9.26 Å². The zero-order valence-corrected chi connectivity index (χ0v) is 19.4. The Morgan fingerprint density at radius 3 is 2.70 bits per heavy atom. The van der Waals surface area contributed by atoms with E-state index in [-0.39, 0.29) is 34.0 Å². The SMILES string of the molecule is COC(=O)c1c(S(=O)(=O)NC2CC2)sc2c1CCN(C(=O)c1cc(-c3ccccc3)no1)C2. The van der Waals surface area contributed by atoms with Crippen LogP contribution < -0.4 is 4.72 Å². The first-order valence-corrected chi connectivity index (χ1v) is 12.7. The second-order valence-electron chi connectivity index (χ2n) is 7.97. The van der Waals surface area contributed by atoms with Gasteiger partial charge in [-0.25, -0.2) is 17.9 Å². The lowest BCUT2D eigenvalue weighted by atomic mass is 10.0. The highest BCUT2D eigenvalue weighted by Gasteiger charge is 2.37. The van der Waals surface area contributed by atoms with Gasteiger partial charge in [0.05, 0.1) is 19.2 Å². The number of fused-ring (bicyclic) bond motifs is 1. The number of esters is 1. The summed E-state index contributed by atoms with van der Waals surface area (Å²) in [5.41, 5.74) is 2.08. The number of carbonyl (C=O) groups is 2. The van der Waals surface area contributed by atoms with Crippen molar-refractivity contribution in [3.63, 3.8) is 0 Å². The van der Waals surface area contributed by atoms with Crippen LogP contribution in [0.15, 0.2) is 45.1 Å². The number of sulfonamides is 1. The van der Waals surface area contributed by atoms with Gasteiger partial charge in [0, 0.05) is 29.1 Å². The number of carbonyl (C=O) groups excluding carboxylic acids is 2. The fourth-order valence-electron chi connectivity index (χ4n) is 3.80. The summed E-state index contributed by atoms with van der Waals surface area (Å²) in [5.74, 6) is -0.930. The Morgan fingerprint density at radius 1 is 1.24 bits per heavy atom. The Bertz CT molecular complexity index is 1330. The molecule has 33 heavy (non-hydrogen) atoms. The van der Waals surface area contributed by atoms with Crippen molar-refractivity contribution in [2.75, 3.05) is 13.7 Å². The minimum atomic E-state index is -3.86. The van der Waals surface area contributed by atoms with Crippen LogP contribution in [0.25, 0.3) is 11.3 Å². The number of amides is 1. The van der Waals surface area contributed by atoms with Gasteiger partial charge in [-0.15, -0.1) is 11.3 Å². The van der Waals surface area contributed by atoms with Crippen molar-refractivity contribution >= 4 is 33.2 Å². The lowest BCUT2D eigenvalue weighted by molar-refractivity contribution is 0.0595. The van der Waals surface area contributed by atoms with Crippen LogP contribution in [0.4, 0.5) is 0 Å². The first-order valence-electron chi connectivity index (χ1n) is 10.4. The van der Waals surface area contributed by atoms with Crippen LogP contribution in [0.3, 0.4) is 0 Å². The average Bonchev–Trinajstić information content (AvgIpc) is 3.34. The number of ether oxygens (including phenoxy) is 1. The summed E-state index contributed by atoms with van der Waals surface area (Å²) in [6.45, 7) is 0.479. The van der Waals surface area contributed by atoms with Gasteiger partial charge in [0.2, 0.25) is 5.76 Å². The van der Waals surface area contributed by atoms with Gasteiger partial charge in [0.1, 0.15) is 9.90 Å². The van der Waals surface area contributed by atoms with Crippen LogP contribution >= 0.6 is 11.3 Å². The van der Waals surface area contributed by atoms with Gasteiger partial charge in [0.25, 0.3) is 15.9 Å². The van der Waals surface area contributed by atoms with Gasteiger partial charge >= 0.3 is 5.97 Å². The predicted octanol–water partition coefficient (Wildman–Crippen LogP) is 2.83. The monoisotopic (exact) mass is 487 g/mol. The molecule has 9 nitrogen and oxygen atoms in total. The Hall–Kier alpha value is -3.02. The van der Waals surface area contributed by atoms with Crippen molar-refractivity contribution in [1.82, 2.24) is 14.8 Å². The van der Waals surface area contributed by atoms with Gasteiger partial charge in [-0.1, -0.05) is 35.5 Å². The molecule has 172 valence electrons. The molecule has 1 saturated carbocycles. The Labute approximate surface area is 194 Å². The van der Waals surface area contributed by atoms with E-state index in [0.717, 1.165) is 29.7 Å². The van der Waals surface area contributed by atoms with Gasteiger partial charge in [-0.2, -0.15) is 0 Å². The number of aromatic nitrogens is 1. The fraction of sp³-hybridized carbons (Fsp3) is 0.318. The van der Waals surface area contributed by atoms with E-state index < -0.39 is 16.0 Å². The number of nitrogens with one attached hydrogen (secondary N) is 1. The molecule has 1 N–H and O–H groups in total. The highest BCUT2D eigenvalue weighted by atomic mass is 32.2. The maximum absolute atomic E-state index is 13.1. The molecule has 0 spiro atoms. The maximum atomic E-state index is 13.1. The van der Waals surface area contributed by atoms with E-state index in [1.807, 2.05) is 30.3 Å². The topological polar surface area (TPSA) is 119 Å². The summed E-state index contributed by atoms with van der Waals surface area (Å²) in [7, 11) is -2.63. The third-order valence-electron chi connectivity index (χ3n) is 5.64. The lowest BCUT2D eigenvalue weighted by Crippen LogP contribution is -2.35. The first kappa shape index (κ1) is 21.8. The quantitative estimate of drug-likeness (QED) is 0.531. The second kappa shape index (κ2) is 8.40. The number of methoxy groups -OCH3 is 1. The van der Waals surface area contributed by atoms with E-state index >= 15 is 0 Å². The van der Waals surface area contributed by atoms with Crippen LogP contribution in [0, 0.1) is 0 Å². The van der Waals surface area contributed by atoms with Crippen molar-refractivity contribution < 1.29 is 27.3 Å². The molecule has 0 unspecified atom stereocenters. The van der Waals surface area contributed by atoms with Crippen molar-refractivity contribution in [2.45, 2.75) is 36.1 Å². The third-order valence-corrected chi connectivity index (χ3v) is 8.89. The van der Waals surface area contributed by atoms with Gasteiger partial charge in [-0.3, -0.25) is 4.79 Å². The fourth-order valence-corrected chi connectivity index (χ4v) is 7.02. The lowest BCUT2D eigenvalue weighted by Gasteiger charge is -2.26. The molecule has 2 aromatic heterocycles. The number of nitrogens with zero attached hydrogens (tertiary/aromatic N) is 2.